The first-order valence-electron chi connectivity index (χ1n) is 19.5. The van der Waals surface area contributed by atoms with E-state index < -0.39 is 50.6 Å². The number of nitrogens with one attached hydrogen (secondary N) is 1. The molecule has 3 fully saturated rings. The van der Waals surface area contributed by atoms with Crippen molar-refractivity contribution in [2.45, 2.75) is 108 Å². The Morgan fingerprint density at radius 2 is 1.89 bits per heavy atom. The Bertz CT molecular complexity index is 1960. The van der Waals surface area contributed by atoms with Crippen molar-refractivity contribution in [3.63, 3.8) is 0 Å². The third-order valence-corrected chi connectivity index (χ3v) is 13.6. The van der Waals surface area contributed by atoms with Crippen LogP contribution in [0, 0.1) is 23.2 Å². The zero-order valence-electron chi connectivity index (χ0n) is 31.2. The molecule has 2 saturated carbocycles. The minimum absolute atomic E-state index is 0.0807. The largest absolute Gasteiger partial charge is 0.496 e. The van der Waals surface area contributed by atoms with Crippen LogP contribution in [0.4, 0.5) is 0 Å². The maximum absolute atomic E-state index is 14.6. The van der Waals surface area contributed by atoms with Gasteiger partial charge in [0.05, 0.1) is 43.4 Å². The number of methoxy groups -OCH3 is 1. The summed E-state index contributed by atoms with van der Waals surface area (Å²) in [6.07, 6.45) is 15.4. The van der Waals surface area contributed by atoms with Crippen molar-refractivity contribution >= 4 is 50.4 Å². The zero-order chi connectivity index (χ0) is 38.0. The number of benzene rings is 1. The Labute approximate surface area is 317 Å². The van der Waals surface area contributed by atoms with Crippen LogP contribution < -0.4 is 14.2 Å². The molecule has 0 unspecified atom stereocenters. The predicted molar refractivity (Wildman–Crippen MR) is 202 cm³/mol. The van der Waals surface area contributed by atoms with Crippen LogP contribution >= 0.6 is 0 Å². The Morgan fingerprint density at radius 1 is 1.06 bits per heavy atom. The standard InChI is InChI=1S/C41H51N3O9S/c1-26-10-8-9-11-28-18-33-27(19-36(28)51-2)16-17-42-38(33)53-31-21-34-35(45)23-41(40(48)43-54(49,50)32-14-15-32)22-30(41)13-7-5-3-4-6-12-29(20-37(46)52-25-26)39(47)44(34)24-31/h7,9,11,13,16-19,26,29-32,34H,3-6,8,10,12,14-15,20-25H2,1-2H3,(H,43,48)/b11-9+,13-7-/t26-,29-,30+,31-,34+,41-/m1/s1. The molecule has 1 N–H and O–H groups in total. The maximum Gasteiger partial charge on any atom is 0.306 e. The normalized spacial score (nSPS) is 31.1. The van der Waals surface area contributed by atoms with Crippen LogP contribution in [0.3, 0.4) is 0 Å². The molecule has 6 atom stereocenters. The third kappa shape index (κ3) is 8.35. The molecule has 3 aliphatic heterocycles. The number of pyridine rings is 1. The van der Waals surface area contributed by atoms with E-state index in [1.807, 2.05) is 43.4 Å². The van der Waals surface area contributed by atoms with Gasteiger partial charge >= 0.3 is 5.97 Å². The minimum Gasteiger partial charge on any atom is -0.496 e. The lowest BCUT2D eigenvalue weighted by Crippen LogP contribution is -2.46. The number of Topliss-reactive ketones (excluding diaryl/α,β-unsaturated/α-hetero) is 1. The second-order valence-corrected chi connectivity index (χ2v) is 17.9. The first-order chi connectivity index (χ1) is 26.0. The van der Waals surface area contributed by atoms with E-state index in [4.69, 9.17) is 14.2 Å². The molecule has 4 heterocycles. The second kappa shape index (κ2) is 15.8. The van der Waals surface area contributed by atoms with Gasteiger partial charge < -0.3 is 19.1 Å². The first-order valence-corrected chi connectivity index (χ1v) is 21.0. The summed E-state index contributed by atoms with van der Waals surface area (Å²) in [7, 11) is -2.22. The Kier molecular flexibility index (Phi) is 11.2. The van der Waals surface area contributed by atoms with Gasteiger partial charge in [-0.2, -0.15) is 0 Å². The summed E-state index contributed by atoms with van der Waals surface area (Å²) in [5.41, 5.74) is -0.388. The zero-order valence-corrected chi connectivity index (χ0v) is 32.0. The molecular formula is C41H51N3O9S. The van der Waals surface area contributed by atoms with Gasteiger partial charge in [-0.1, -0.05) is 44.1 Å². The van der Waals surface area contributed by atoms with Crippen LogP contribution in [0.15, 0.2) is 42.6 Å². The van der Waals surface area contributed by atoms with Gasteiger partial charge in [-0.25, -0.2) is 13.4 Å². The Balaban J connectivity index is 1.24. The monoisotopic (exact) mass is 761 g/mol. The lowest BCUT2D eigenvalue weighted by molar-refractivity contribution is -0.151. The van der Waals surface area contributed by atoms with Gasteiger partial charge in [-0.05, 0) is 86.8 Å². The van der Waals surface area contributed by atoms with Gasteiger partial charge in [0.1, 0.15) is 11.9 Å². The summed E-state index contributed by atoms with van der Waals surface area (Å²) < 4.78 is 46.0. The number of fused-ring (bicyclic) bond motifs is 4. The number of hydrogen-bond acceptors (Lipinski definition) is 10. The number of rotatable bonds is 4. The third-order valence-electron chi connectivity index (χ3n) is 11.8. The molecule has 1 saturated heterocycles. The van der Waals surface area contributed by atoms with Gasteiger partial charge in [0.25, 0.3) is 0 Å². The fraction of sp³-hybridized carbons (Fsp3) is 0.585. The fourth-order valence-corrected chi connectivity index (χ4v) is 9.62. The average molecular weight is 762 g/mol. The smallest absolute Gasteiger partial charge is 0.306 e. The summed E-state index contributed by atoms with van der Waals surface area (Å²) in [6.45, 7) is 2.34. The molecular weight excluding hydrogens is 711 g/mol. The molecule has 2 aliphatic carbocycles. The molecule has 290 valence electrons. The molecule has 1 aromatic carbocycles. The highest BCUT2D eigenvalue weighted by Gasteiger charge is 2.61. The lowest BCUT2D eigenvalue weighted by Gasteiger charge is -2.29. The lowest BCUT2D eigenvalue weighted by atomic mass is 9.90. The quantitative estimate of drug-likeness (QED) is 0.304. The van der Waals surface area contributed by atoms with Gasteiger partial charge in [-0.3, -0.25) is 23.9 Å². The van der Waals surface area contributed by atoms with Crippen LogP contribution in [0.25, 0.3) is 16.8 Å². The van der Waals surface area contributed by atoms with Crippen molar-refractivity contribution in [1.82, 2.24) is 14.6 Å². The van der Waals surface area contributed by atoms with Gasteiger partial charge in [0.2, 0.25) is 27.7 Å². The SMILES string of the molecule is COc1cc2ccnc3c2cc1/C=C/CC[C@@H](C)COC(=O)C[C@H]1CCCCC/C=C\[C@H]2C[C@@]2(C(=O)NS(=O)(=O)C2CC2)CC(=O)[C@@H]2C[C@H](CN2C1=O)O3. The number of ketones is 1. The minimum atomic E-state index is -3.84. The highest BCUT2D eigenvalue weighted by atomic mass is 32.2. The van der Waals surface area contributed by atoms with E-state index in [-0.39, 0.29) is 55.9 Å². The second-order valence-electron chi connectivity index (χ2n) is 15.9. The summed E-state index contributed by atoms with van der Waals surface area (Å²) in [5.74, 6) is -1.62. The first kappa shape index (κ1) is 38.0. The van der Waals surface area contributed by atoms with Crippen molar-refractivity contribution < 1.29 is 41.8 Å². The molecule has 1 aromatic heterocycles. The van der Waals surface area contributed by atoms with E-state index in [1.54, 1.807) is 13.3 Å². The van der Waals surface area contributed by atoms with Crippen LogP contribution in [-0.2, 0) is 33.9 Å². The van der Waals surface area contributed by atoms with Crippen LogP contribution in [-0.4, -0.2) is 79.5 Å². The van der Waals surface area contributed by atoms with Crippen molar-refractivity contribution in [2.75, 3.05) is 20.3 Å². The van der Waals surface area contributed by atoms with E-state index >= 15 is 0 Å². The molecule has 54 heavy (non-hydrogen) atoms. The molecule has 7 rings (SSSR count). The van der Waals surface area contributed by atoms with Crippen molar-refractivity contribution in [2.24, 2.45) is 23.2 Å². The van der Waals surface area contributed by atoms with E-state index in [9.17, 15) is 27.6 Å². The predicted octanol–water partition coefficient (Wildman–Crippen LogP) is 5.68. The maximum atomic E-state index is 14.6. The van der Waals surface area contributed by atoms with E-state index in [1.165, 1.54) is 4.90 Å². The van der Waals surface area contributed by atoms with Gasteiger partial charge in [0.15, 0.2) is 5.78 Å². The summed E-state index contributed by atoms with van der Waals surface area (Å²) >= 11 is 0. The van der Waals surface area contributed by atoms with Gasteiger partial charge in [0, 0.05) is 35.9 Å². The topological polar surface area (TPSA) is 158 Å². The molecule has 5 aliphatic rings. The number of ether oxygens (including phenoxy) is 3. The average Bonchev–Trinajstić information content (AvgIpc) is 4.07. The number of sulfonamides is 1. The van der Waals surface area contributed by atoms with Crippen LogP contribution in [0.5, 0.6) is 11.6 Å². The molecule has 0 radical (unpaired) electrons. The molecule has 0 spiro atoms. The molecule has 2 aromatic rings. The number of amides is 2. The number of aromatic nitrogens is 1. The highest BCUT2D eigenvalue weighted by molar-refractivity contribution is 7.90. The summed E-state index contributed by atoms with van der Waals surface area (Å²) in [5, 5.41) is 1.02. The molecule has 12 nitrogen and oxygen atoms in total. The fourth-order valence-electron chi connectivity index (χ4n) is 8.24. The van der Waals surface area contributed by atoms with Gasteiger partial charge in [-0.15, -0.1) is 0 Å². The number of allylic oxidation sites excluding steroid dienone is 3. The number of nitrogens with zero attached hydrogens (tertiary/aromatic N) is 2. The van der Waals surface area contributed by atoms with Crippen LogP contribution in [0.2, 0.25) is 0 Å². The molecule has 5 bridgehead atoms. The number of carbonyl (C=O) groups is 4. The molecule has 13 heteroatoms. The summed E-state index contributed by atoms with van der Waals surface area (Å²) in [6, 6.07) is 4.82. The Hall–Kier alpha value is -4.26. The number of cyclic esters (lactones) is 1. The summed E-state index contributed by atoms with van der Waals surface area (Å²) in [4.78, 5) is 62.3. The number of esters is 1. The highest BCUT2D eigenvalue weighted by Crippen LogP contribution is 2.57. The van der Waals surface area contributed by atoms with E-state index in [0.29, 0.717) is 43.7 Å². The van der Waals surface area contributed by atoms with Crippen molar-refractivity contribution in [3.8, 4) is 11.6 Å². The van der Waals surface area contributed by atoms with Crippen molar-refractivity contribution in [3.05, 3.63) is 48.2 Å². The van der Waals surface area contributed by atoms with E-state index in [0.717, 1.165) is 48.4 Å². The van der Waals surface area contributed by atoms with Crippen molar-refractivity contribution in [1.29, 1.82) is 0 Å². The van der Waals surface area contributed by atoms with Crippen LogP contribution in [0.1, 0.15) is 96.0 Å². The Morgan fingerprint density at radius 3 is 2.69 bits per heavy atom. The number of carbonyl (C=O) groups excluding carboxylic acids is 4. The molecule has 2 amide bonds. The van der Waals surface area contributed by atoms with E-state index in [2.05, 4.69) is 15.8 Å². The number of hydrogen-bond donors (Lipinski definition) is 1.